The summed E-state index contributed by atoms with van der Waals surface area (Å²) in [6, 6.07) is 6.67. The minimum Gasteiger partial charge on any atom is -0.593 e. The van der Waals surface area contributed by atoms with Crippen LogP contribution in [0.5, 0.6) is 0 Å². The minimum atomic E-state index is -1.09. The van der Waals surface area contributed by atoms with E-state index in [2.05, 4.69) is 17.3 Å². The van der Waals surface area contributed by atoms with Crippen molar-refractivity contribution in [3.8, 4) is 0 Å². The van der Waals surface area contributed by atoms with Crippen molar-refractivity contribution < 1.29 is 14.1 Å². The molecule has 3 atom stereocenters. The highest BCUT2D eigenvalue weighted by Gasteiger charge is 2.58. The van der Waals surface area contributed by atoms with Crippen molar-refractivity contribution >= 4 is 17.5 Å². The third-order valence-corrected chi connectivity index (χ3v) is 7.90. The van der Waals surface area contributed by atoms with E-state index >= 15 is 0 Å². The molecule has 1 aromatic carbocycles. The molecule has 3 unspecified atom stereocenters. The summed E-state index contributed by atoms with van der Waals surface area (Å²) in [4.78, 5) is 15.6. The summed E-state index contributed by atoms with van der Waals surface area (Å²) < 4.78 is 20.8. The maximum atomic E-state index is 13.0. The fourth-order valence-corrected chi connectivity index (χ4v) is 6.85. The third-order valence-electron chi connectivity index (χ3n) is 6.34. The van der Waals surface area contributed by atoms with Gasteiger partial charge in [0.1, 0.15) is 5.60 Å². The summed E-state index contributed by atoms with van der Waals surface area (Å²) >= 11 is -1.09. The molecule has 0 aromatic heterocycles. The highest BCUT2D eigenvalue weighted by molar-refractivity contribution is 7.89. The van der Waals surface area contributed by atoms with E-state index in [1.54, 1.807) is 0 Å². The first-order chi connectivity index (χ1) is 13.1. The van der Waals surface area contributed by atoms with Crippen LogP contribution in [0.4, 0.5) is 4.79 Å². The SMILES string of the molecule is Cc1ccc([S+]([O-])N2CC3(CC4CCC(C3)N4C(=O)OC(C)(C)C)C2)c(C)c1. The largest absolute Gasteiger partial charge is 0.593 e. The molecular weight excluding hydrogens is 372 g/mol. The molecule has 0 saturated carbocycles. The monoisotopic (exact) mass is 404 g/mol. The lowest BCUT2D eigenvalue weighted by Crippen LogP contribution is -2.64. The summed E-state index contributed by atoms with van der Waals surface area (Å²) in [7, 11) is 0. The fraction of sp³-hybridized carbons (Fsp3) is 0.682. The molecule has 3 aliphatic rings. The van der Waals surface area contributed by atoms with Crippen molar-refractivity contribution in [3.63, 3.8) is 0 Å². The lowest BCUT2D eigenvalue weighted by molar-refractivity contribution is -0.0463. The Morgan fingerprint density at radius 3 is 2.32 bits per heavy atom. The molecule has 3 saturated heterocycles. The number of amides is 1. The molecule has 2 bridgehead atoms. The molecule has 4 rings (SSSR count). The van der Waals surface area contributed by atoms with Crippen LogP contribution < -0.4 is 0 Å². The average Bonchev–Trinajstić information content (AvgIpc) is 2.82. The number of nitrogens with zero attached hydrogens (tertiary/aromatic N) is 2. The van der Waals surface area contributed by atoms with Crippen molar-refractivity contribution in [2.24, 2.45) is 5.41 Å². The van der Waals surface area contributed by atoms with Crippen molar-refractivity contribution in [2.45, 2.75) is 82.9 Å². The molecule has 0 radical (unpaired) electrons. The van der Waals surface area contributed by atoms with Crippen LogP contribution in [0.3, 0.4) is 0 Å². The quantitative estimate of drug-likeness (QED) is 0.694. The summed E-state index contributed by atoms with van der Waals surface area (Å²) in [5, 5.41) is 0. The predicted molar refractivity (Wildman–Crippen MR) is 110 cm³/mol. The number of rotatable bonds is 2. The smallest absolute Gasteiger partial charge is 0.410 e. The molecule has 154 valence electrons. The predicted octanol–water partition coefficient (Wildman–Crippen LogP) is 4.19. The Bertz CT molecular complexity index is 754. The van der Waals surface area contributed by atoms with Crippen LogP contribution in [0.2, 0.25) is 0 Å². The molecule has 1 amide bonds. The Hall–Kier alpha value is -1.24. The van der Waals surface area contributed by atoms with Crippen molar-refractivity contribution in [3.05, 3.63) is 29.3 Å². The average molecular weight is 405 g/mol. The van der Waals surface area contributed by atoms with E-state index in [-0.39, 0.29) is 23.6 Å². The molecule has 6 heteroatoms. The van der Waals surface area contributed by atoms with Crippen LogP contribution in [0.25, 0.3) is 0 Å². The summed E-state index contributed by atoms with van der Waals surface area (Å²) in [5.74, 6) is 0. The first kappa shape index (κ1) is 20.0. The Morgan fingerprint density at radius 1 is 1.18 bits per heavy atom. The van der Waals surface area contributed by atoms with Gasteiger partial charge >= 0.3 is 6.09 Å². The molecule has 1 aromatic rings. The number of hydrogen-bond acceptors (Lipinski definition) is 4. The van der Waals surface area contributed by atoms with Crippen LogP contribution in [-0.2, 0) is 16.1 Å². The van der Waals surface area contributed by atoms with Gasteiger partial charge in [-0.2, -0.15) is 0 Å². The van der Waals surface area contributed by atoms with Crippen LogP contribution in [0.1, 0.15) is 57.6 Å². The summed E-state index contributed by atoms with van der Waals surface area (Å²) in [5.41, 5.74) is 2.05. The fourth-order valence-electron chi connectivity index (χ4n) is 5.27. The van der Waals surface area contributed by atoms with E-state index in [9.17, 15) is 9.35 Å². The third kappa shape index (κ3) is 3.66. The maximum Gasteiger partial charge on any atom is 0.410 e. The van der Waals surface area contributed by atoms with Gasteiger partial charge in [-0.3, -0.25) is 0 Å². The van der Waals surface area contributed by atoms with Gasteiger partial charge in [0.2, 0.25) is 0 Å². The van der Waals surface area contributed by atoms with Gasteiger partial charge < -0.3 is 14.2 Å². The van der Waals surface area contributed by atoms with Crippen LogP contribution >= 0.6 is 0 Å². The number of carbonyl (C=O) groups excluding carboxylic acids is 1. The molecule has 1 spiro atoms. The van der Waals surface area contributed by atoms with Gasteiger partial charge in [0.25, 0.3) is 0 Å². The zero-order valence-corrected chi connectivity index (χ0v) is 18.5. The number of benzene rings is 1. The van der Waals surface area contributed by atoms with Crippen molar-refractivity contribution in [1.29, 1.82) is 0 Å². The van der Waals surface area contributed by atoms with Crippen LogP contribution in [0.15, 0.2) is 23.1 Å². The topological polar surface area (TPSA) is 55.8 Å². The lowest BCUT2D eigenvalue weighted by Gasteiger charge is -2.54. The van der Waals surface area contributed by atoms with Gasteiger partial charge in [-0.05, 0) is 66.4 Å². The number of piperidine rings is 1. The van der Waals surface area contributed by atoms with Gasteiger partial charge in [0, 0.05) is 23.1 Å². The Morgan fingerprint density at radius 2 is 1.79 bits per heavy atom. The highest BCUT2D eigenvalue weighted by Crippen LogP contribution is 2.51. The van der Waals surface area contributed by atoms with E-state index in [1.165, 1.54) is 5.56 Å². The van der Waals surface area contributed by atoms with E-state index < -0.39 is 17.0 Å². The molecule has 0 aliphatic carbocycles. The van der Waals surface area contributed by atoms with Crippen LogP contribution in [0, 0.1) is 19.3 Å². The number of ether oxygens (including phenoxy) is 1. The molecule has 28 heavy (non-hydrogen) atoms. The molecule has 5 nitrogen and oxygen atoms in total. The summed E-state index contributed by atoms with van der Waals surface area (Å²) in [6.45, 7) is 11.6. The van der Waals surface area contributed by atoms with E-state index in [4.69, 9.17) is 4.74 Å². The molecule has 0 N–H and O–H groups in total. The van der Waals surface area contributed by atoms with Crippen molar-refractivity contribution in [1.82, 2.24) is 9.21 Å². The number of fused-ring (bicyclic) bond motifs is 2. The second kappa shape index (κ2) is 6.92. The Balaban J connectivity index is 1.40. The first-order valence-corrected chi connectivity index (χ1v) is 11.4. The Kier molecular flexibility index (Phi) is 4.96. The highest BCUT2D eigenvalue weighted by atomic mass is 32.2. The number of hydrogen-bond donors (Lipinski definition) is 0. The first-order valence-electron chi connectivity index (χ1n) is 10.3. The van der Waals surface area contributed by atoms with E-state index in [0.717, 1.165) is 49.2 Å². The molecule has 3 fully saturated rings. The van der Waals surface area contributed by atoms with E-state index in [0.29, 0.717) is 0 Å². The number of carbonyl (C=O) groups is 1. The second-order valence-corrected chi connectivity index (χ2v) is 11.5. The lowest BCUT2D eigenvalue weighted by atomic mass is 9.70. The van der Waals surface area contributed by atoms with E-state index in [1.807, 2.05) is 44.7 Å². The van der Waals surface area contributed by atoms with Gasteiger partial charge in [-0.15, -0.1) is 4.31 Å². The number of aryl methyl sites for hydroxylation is 2. The Labute approximate surface area is 171 Å². The van der Waals surface area contributed by atoms with Crippen molar-refractivity contribution in [2.75, 3.05) is 13.1 Å². The normalized spacial score (nSPS) is 27.6. The second-order valence-electron chi connectivity index (χ2n) is 10.00. The van der Waals surface area contributed by atoms with Gasteiger partial charge in [0.15, 0.2) is 4.90 Å². The minimum absolute atomic E-state index is 0.162. The van der Waals surface area contributed by atoms with Gasteiger partial charge in [-0.1, -0.05) is 17.7 Å². The zero-order chi connectivity index (χ0) is 20.3. The van der Waals surface area contributed by atoms with Gasteiger partial charge in [-0.25, -0.2) is 4.79 Å². The van der Waals surface area contributed by atoms with Crippen LogP contribution in [-0.4, -0.2) is 50.6 Å². The zero-order valence-electron chi connectivity index (χ0n) is 17.7. The molecule has 3 aliphatic heterocycles. The molecular formula is C22H32N2O3S. The molecule has 3 heterocycles. The standard InChI is InChI=1S/C22H32N2O3S/c1-15-6-9-19(16(2)10-15)28(26)23-13-22(14-23)11-17-7-8-18(12-22)24(17)20(25)27-21(3,4)5/h6,9-10,17-18H,7-8,11-14H2,1-5H3. The maximum absolute atomic E-state index is 13.0. The summed E-state index contributed by atoms with van der Waals surface area (Å²) in [6.07, 6.45) is 3.97. The van der Waals surface area contributed by atoms with Gasteiger partial charge in [0.05, 0.1) is 24.5 Å².